The molecule has 0 radical (unpaired) electrons. The number of ketones is 2. The van der Waals surface area contributed by atoms with Crippen molar-refractivity contribution in [2.24, 2.45) is 10.2 Å². The number of rotatable bonds is 3. The number of hydrogen-bond donors (Lipinski definition) is 2. The van der Waals surface area contributed by atoms with Gasteiger partial charge in [0.1, 0.15) is 5.69 Å². The second-order valence-electron chi connectivity index (χ2n) is 9.65. The van der Waals surface area contributed by atoms with Crippen LogP contribution >= 0.6 is 0 Å². The third-order valence-corrected chi connectivity index (χ3v) is 5.92. The maximum atomic E-state index is 13.3. The molecule has 0 aromatic heterocycles. The third kappa shape index (κ3) is 3.94. The smallest absolute Gasteiger partial charge is 0.255 e. The standard InChI is InChI=1S/C29H23N3O4/c1-29(2,3)30-28(36)21-15-16-9-4-5-10-17(16)24(27(21)35)32-31-22-14-8-13-20-23(22)26(34)19-12-7-6-11-18(19)25(20)33/h4-15,35H,1-3H3,(H,30,36). The first-order valence-corrected chi connectivity index (χ1v) is 11.5. The Kier molecular flexibility index (Phi) is 5.48. The summed E-state index contributed by atoms with van der Waals surface area (Å²) in [5.41, 5.74) is 0.930. The lowest BCUT2D eigenvalue weighted by Crippen LogP contribution is -2.40. The first kappa shape index (κ1) is 23.1. The Morgan fingerprint density at radius 2 is 1.44 bits per heavy atom. The van der Waals surface area contributed by atoms with E-state index in [0.29, 0.717) is 21.9 Å². The van der Waals surface area contributed by atoms with Crippen LogP contribution in [0, 0.1) is 0 Å². The molecule has 7 heteroatoms. The summed E-state index contributed by atoms with van der Waals surface area (Å²) >= 11 is 0. The molecule has 1 aliphatic rings. The number of aromatic hydroxyl groups is 1. The first-order valence-electron chi connectivity index (χ1n) is 11.5. The number of hydrogen-bond acceptors (Lipinski definition) is 6. The zero-order valence-electron chi connectivity index (χ0n) is 20.0. The summed E-state index contributed by atoms with van der Waals surface area (Å²) in [6.45, 7) is 5.54. The molecule has 0 unspecified atom stereocenters. The van der Waals surface area contributed by atoms with Gasteiger partial charge in [-0.05, 0) is 38.3 Å². The van der Waals surface area contributed by atoms with Crippen LogP contribution in [0.3, 0.4) is 0 Å². The Morgan fingerprint density at radius 1 is 0.806 bits per heavy atom. The molecule has 178 valence electrons. The summed E-state index contributed by atoms with van der Waals surface area (Å²) in [7, 11) is 0. The SMILES string of the molecule is CC(C)(C)NC(=O)c1cc2ccccc2c(N=Nc2cccc3c2C(=O)c2ccccc2C3=O)c1O. The van der Waals surface area contributed by atoms with Gasteiger partial charge in [0.25, 0.3) is 5.91 Å². The number of carbonyl (C=O) groups excluding carboxylic acids is 3. The maximum Gasteiger partial charge on any atom is 0.255 e. The summed E-state index contributed by atoms with van der Waals surface area (Å²) in [5, 5.41) is 23.8. The summed E-state index contributed by atoms with van der Waals surface area (Å²) < 4.78 is 0. The van der Waals surface area contributed by atoms with Gasteiger partial charge in [0.15, 0.2) is 17.3 Å². The molecule has 0 heterocycles. The Bertz CT molecular complexity index is 1610. The van der Waals surface area contributed by atoms with E-state index in [9.17, 15) is 19.5 Å². The monoisotopic (exact) mass is 477 g/mol. The number of nitrogens with zero attached hydrogens (tertiary/aromatic N) is 2. The number of carbonyl (C=O) groups is 3. The highest BCUT2D eigenvalue weighted by atomic mass is 16.3. The number of azo groups is 1. The second kappa shape index (κ2) is 8.53. The fourth-order valence-corrected chi connectivity index (χ4v) is 4.31. The third-order valence-electron chi connectivity index (χ3n) is 5.92. The van der Waals surface area contributed by atoms with E-state index in [1.807, 2.05) is 32.9 Å². The van der Waals surface area contributed by atoms with Gasteiger partial charge in [-0.15, -0.1) is 10.2 Å². The number of phenolic OH excluding ortho intramolecular Hbond substituents is 1. The van der Waals surface area contributed by atoms with Crippen molar-refractivity contribution in [2.45, 2.75) is 26.3 Å². The fraction of sp³-hybridized carbons (Fsp3) is 0.138. The quantitative estimate of drug-likeness (QED) is 0.299. The van der Waals surface area contributed by atoms with E-state index in [1.54, 1.807) is 60.7 Å². The van der Waals surface area contributed by atoms with Crippen molar-refractivity contribution < 1.29 is 19.5 Å². The van der Waals surface area contributed by atoms with E-state index in [-0.39, 0.29) is 45.4 Å². The van der Waals surface area contributed by atoms with Gasteiger partial charge < -0.3 is 10.4 Å². The molecule has 0 saturated carbocycles. The summed E-state index contributed by atoms with van der Waals surface area (Å²) in [5.74, 6) is -1.35. The molecule has 0 fully saturated rings. The lowest BCUT2D eigenvalue weighted by Gasteiger charge is -2.21. The second-order valence-corrected chi connectivity index (χ2v) is 9.65. The van der Waals surface area contributed by atoms with Crippen LogP contribution in [0.5, 0.6) is 5.75 Å². The van der Waals surface area contributed by atoms with Gasteiger partial charge >= 0.3 is 0 Å². The van der Waals surface area contributed by atoms with Crippen LogP contribution in [0.2, 0.25) is 0 Å². The minimum Gasteiger partial charge on any atom is -0.505 e. The van der Waals surface area contributed by atoms with Crippen molar-refractivity contribution in [3.8, 4) is 5.75 Å². The molecule has 36 heavy (non-hydrogen) atoms. The predicted octanol–water partition coefficient (Wildman–Crippen LogP) is 6.26. The van der Waals surface area contributed by atoms with Crippen molar-refractivity contribution in [2.75, 3.05) is 0 Å². The van der Waals surface area contributed by atoms with Crippen molar-refractivity contribution in [3.63, 3.8) is 0 Å². The van der Waals surface area contributed by atoms with Crippen molar-refractivity contribution in [1.29, 1.82) is 0 Å². The van der Waals surface area contributed by atoms with Crippen LogP contribution in [0.25, 0.3) is 10.8 Å². The maximum absolute atomic E-state index is 13.3. The van der Waals surface area contributed by atoms with E-state index in [4.69, 9.17) is 0 Å². The van der Waals surface area contributed by atoms with Gasteiger partial charge in [-0.3, -0.25) is 14.4 Å². The van der Waals surface area contributed by atoms with Gasteiger partial charge in [0.2, 0.25) is 0 Å². The van der Waals surface area contributed by atoms with E-state index in [0.717, 1.165) is 0 Å². The first-order chi connectivity index (χ1) is 17.2. The van der Waals surface area contributed by atoms with Crippen LogP contribution in [0.15, 0.2) is 83.0 Å². The molecule has 5 rings (SSSR count). The lowest BCUT2D eigenvalue weighted by molar-refractivity contribution is 0.0916. The van der Waals surface area contributed by atoms with E-state index in [1.165, 1.54) is 0 Å². The highest BCUT2D eigenvalue weighted by molar-refractivity contribution is 6.30. The molecule has 2 N–H and O–H groups in total. The normalized spacial score (nSPS) is 13.1. The van der Waals surface area contributed by atoms with Gasteiger partial charge in [-0.1, -0.05) is 60.7 Å². The molecule has 0 spiro atoms. The molecule has 1 amide bonds. The highest BCUT2D eigenvalue weighted by Crippen LogP contribution is 2.40. The lowest BCUT2D eigenvalue weighted by atomic mass is 9.83. The largest absolute Gasteiger partial charge is 0.505 e. The van der Waals surface area contributed by atoms with Crippen LogP contribution < -0.4 is 5.32 Å². The number of fused-ring (bicyclic) bond motifs is 3. The Balaban J connectivity index is 1.65. The molecular weight excluding hydrogens is 454 g/mol. The van der Waals surface area contributed by atoms with Gasteiger partial charge in [0, 0.05) is 27.6 Å². The molecule has 7 nitrogen and oxygen atoms in total. The van der Waals surface area contributed by atoms with Gasteiger partial charge in [0.05, 0.1) is 16.8 Å². The van der Waals surface area contributed by atoms with Crippen LogP contribution in [-0.2, 0) is 0 Å². The predicted molar refractivity (Wildman–Crippen MR) is 137 cm³/mol. The Labute approximate surface area is 207 Å². The fourth-order valence-electron chi connectivity index (χ4n) is 4.31. The Morgan fingerprint density at radius 3 is 2.17 bits per heavy atom. The zero-order chi connectivity index (χ0) is 25.6. The Hall–Kier alpha value is -4.65. The summed E-state index contributed by atoms with van der Waals surface area (Å²) in [6, 6.07) is 20.3. The molecule has 4 aromatic rings. The van der Waals surface area contributed by atoms with E-state index in [2.05, 4.69) is 15.5 Å². The number of phenols is 1. The average molecular weight is 478 g/mol. The minimum atomic E-state index is -0.511. The van der Waals surface area contributed by atoms with Crippen LogP contribution in [0.4, 0.5) is 11.4 Å². The van der Waals surface area contributed by atoms with Crippen LogP contribution in [0.1, 0.15) is 63.0 Å². The number of amides is 1. The van der Waals surface area contributed by atoms with Crippen molar-refractivity contribution in [1.82, 2.24) is 5.32 Å². The molecular formula is C29H23N3O4. The molecule has 0 aliphatic heterocycles. The highest BCUT2D eigenvalue weighted by Gasteiger charge is 2.31. The van der Waals surface area contributed by atoms with Gasteiger partial charge in [-0.25, -0.2) is 0 Å². The van der Waals surface area contributed by atoms with Crippen molar-refractivity contribution in [3.05, 3.63) is 101 Å². The van der Waals surface area contributed by atoms with Gasteiger partial charge in [-0.2, -0.15) is 0 Å². The molecule has 0 saturated heterocycles. The van der Waals surface area contributed by atoms with Crippen LogP contribution in [-0.4, -0.2) is 28.1 Å². The molecule has 0 bridgehead atoms. The average Bonchev–Trinajstić information content (AvgIpc) is 2.85. The molecule has 1 aliphatic carbocycles. The topological polar surface area (TPSA) is 108 Å². The zero-order valence-corrected chi connectivity index (χ0v) is 20.0. The van der Waals surface area contributed by atoms with Crippen molar-refractivity contribution >= 4 is 39.6 Å². The summed E-state index contributed by atoms with van der Waals surface area (Å²) in [6.07, 6.45) is 0. The van der Waals surface area contributed by atoms with E-state index >= 15 is 0 Å². The number of nitrogens with one attached hydrogen (secondary N) is 1. The minimum absolute atomic E-state index is 0.0628. The molecule has 4 aromatic carbocycles. The number of benzene rings is 4. The molecule has 0 atom stereocenters. The van der Waals surface area contributed by atoms with E-state index < -0.39 is 11.4 Å². The summed E-state index contributed by atoms with van der Waals surface area (Å²) in [4.78, 5) is 39.2.